The second-order valence-electron chi connectivity index (χ2n) is 7.05. The Labute approximate surface area is 177 Å². The Balaban J connectivity index is 0.000000707. The fourth-order valence-electron chi connectivity index (χ4n) is 4.09. The van der Waals surface area contributed by atoms with E-state index in [1.165, 1.54) is 32.8 Å². The molecule has 1 heterocycles. The molecular formula is C28H37N. The van der Waals surface area contributed by atoms with E-state index in [0.717, 1.165) is 6.42 Å². The van der Waals surface area contributed by atoms with E-state index in [2.05, 4.69) is 98.6 Å². The Morgan fingerprint density at radius 3 is 2.17 bits per heavy atom. The summed E-state index contributed by atoms with van der Waals surface area (Å²) in [6, 6.07) is 18.1. The van der Waals surface area contributed by atoms with Crippen LogP contribution in [-0.4, -0.2) is 18.0 Å². The molecule has 0 saturated heterocycles. The first-order valence-corrected chi connectivity index (χ1v) is 11.2. The van der Waals surface area contributed by atoms with E-state index in [1.807, 2.05) is 27.7 Å². The van der Waals surface area contributed by atoms with Gasteiger partial charge in [-0.3, -0.25) is 0 Å². The van der Waals surface area contributed by atoms with Crippen LogP contribution in [0.2, 0.25) is 0 Å². The van der Waals surface area contributed by atoms with E-state index in [9.17, 15) is 0 Å². The van der Waals surface area contributed by atoms with E-state index >= 15 is 0 Å². The van der Waals surface area contributed by atoms with E-state index < -0.39 is 0 Å². The maximum Gasteiger partial charge on any atom is 0.0732 e. The topological polar surface area (TPSA) is 3.24 Å². The molecule has 0 saturated carbocycles. The molecular weight excluding hydrogens is 350 g/mol. The molecule has 0 aromatic heterocycles. The standard InChI is InChI=1S/C24H25N.2C2H6/c1-4-17(2)18-11-5-7-14-21(18)24-22-15-8-6-12-19(22)20-13-9-10-16-23(20)25(24)3;2*1-2/h5-17,23H,4H2,1-3H3;2*1-2H3. The maximum absolute atomic E-state index is 2.44. The Hall–Kier alpha value is -2.54. The molecule has 154 valence electrons. The summed E-state index contributed by atoms with van der Waals surface area (Å²) in [5.41, 5.74) is 5.56. The average Bonchev–Trinajstić information content (AvgIpc) is 2.82. The number of likely N-dealkylation sites (N-methyl/N-ethyl adjacent to an activating group) is 1. The van der Waals surface area contributed by atoms with Gasteiger partial charge in [0.15, 0.2) is 0 Å². The summed E-state index contributed by atoms with van der Waals surface area (Å²) in [5, 5.41) is 2.70. The normalized spacial score (nSPS) is 17.3. The number of allylic oxidation sites excluding steroid dienone is 2. The SMILES string of the molecule is CC.CC.CCC(C)c1ccccc1C1=c2ccccc2=C2C=CC=CC2N1C. The predicted octanol–water partition coefficient (Wildman–Crippen LogP) is 6.00. The van der Waals surface area contributed by atoms with Gasteiger partial charge in [0.2, 0.25) is 0 Å². The number of hydrogen-bond acceptors (Lipinski definition) is 1. The zero-order chi connectivity index (χ0) is 21.4. The highest BCUT2D eigenvalue weighted by Crippen LogP contribution is 2.32. The van der Waals surface area contributed by atoms with Crippen LogP contribution in [0.5, 0.6) is 0 Å². The van der Waals surface area contributed by atoms with Gasteiger partial charge in [-0.15, -0.1) is 0 Å². The van der Waals surface area contributed by atoms with E-state index in [0.29, 0.717) is 12.0 Å². The lowest BCUT2D eigenvalue weighted by Gasteiger charge is -2.36. The molecule has 0 fully saturated rings. The number of fused-ring (bicyclic) bond motifs is 2. The van der Waals surface area contributed by atoms with Crippen LogP contribution < -0.4 is 10.4 Å². The summed E-state index contributed by atoms with van der Waals surface area (Å²) >= 11 is 0. The second kappa shape index (κ2) is 10.9. The van der Waals surface area contributed by atoms with Gasteiger partial charge in [-0.05, 0) is 28.7 Å². The molecule has 0 bridgehead atoms. The van der Waals surface area contributed by atoms with Gasteiger partial charge in [0.1, 0.15) is 0 Å². The summed E-state index contributed by atoms with van der Waals surface area (Å²) < 4.78 is 0. The smallest absolute Gasteiger partial charge is 0.0732 e. The van der Waals surface area contributed by atoms with Gasteiger partial charge in [-0.2, -0.15) is 0 Å². The van der Waals surface area contributed by atoms with Crippen molar-refractivity contribution < 1.29 is 0 Å². The molecule has 2 aliphatic rings. The Kier molecular flexibility index (Phi) is 8.51. The minimum atomic E-state index is 0.305. The van der Waals surface area contributed by atoms with Crippen LogP contribution in [0, 0.1) is 0 Å². The van der Waals surface area contributed by atoms with Crippen molar-refractivity contribution >= 4 is 11.3 Å². The van der Waals surface area contributed by atoms with Crippen molar-refractivity contribution in [3.63, 3.8) is 0 Å². The molecule has 0 amide bonds. The fraction of sp³-hybridized carbons (Fsp3) is 0.357. The molecule has 2 aromatic carbocycles. The summed E-state index contributed by atoms with van der Waals surface area (Å²) in [7, 11) is 2.23. The lowest BCUT2D eigenvalue weighted by molar-refractivity contribution is 0.461. The first-order valence-electron chi connectivity index (χ1n) is 11.2. The van der Waals surface area contributed by atoms with Crippen LogP contribution in [0.3, 0.4) is 0 Å². The summed E-state index contributed by atoms with van der Waals surface area (Å²) in [6.07, 6.45) is 10.0. The van der Waals surface area contributed by atoms with Gasteiger partial charge in [0, 0.05) is 17.8 Å². The van der Waals surface area contributed by atoms with Crippen molar-refractivity contribution in [3.05, 3.63) is 94.4 Å². The third-order valence-corrected chi connectivity index (χ3v) is 5.62. The Morgan fingerprint density at radius 1 is 0.862 bits per heavy atom. The lowest BCUT2D eigenvalue weighted by atomic mass is 9.87. The van der Waals surface area contributed by atoms with Crippen molar-refractivity contribution in [3.8, 4) is 0 Å². The molecule has 0 N–H and O–H groups in total. The lowest BCUT2D eigenvalue weighted by Crippen LogP contribution is -2.46. The predicted molar refractivity (Wildman–Crippen MR) is 129 cm³/mol. The molecule has 1 aliphatic carbocycles. The van der Waals surface area contributed by atoms with Crippen molar-refractivity contribution in [1.29, 1.82) is 0 Å². The van der Waals surface area contributed by atoms with Crippen LogP contribution in [0.25, 0.3) is 11.3 Å². The van der Waals surface area contributed by atoms with E-state index in [4.69, 9.17) is 0 Å². The van der Waals surface area contributed by atoms with Crippen LogP contribution in [-0.2, 0) is 0 Å². The quantitative estimate of drug-likeness (QED) is 0.624. The van der Waals surface area contributed by atoms with Crippen LogP contribution in [0.4, 0.5) is 0 Å². The van der Waals surface area contributed by atoms with E-state index in [1.54, 1.807) is 0 Å². The van der Waals surface area contributed by atoms with Gasteiger partial charge in [0.25, 0.3) is 0 Å². The molecule has 0 spiro atoms. The third-order valence-electron chi connectivity index (χ3n) is 5.62. The molecule has 1 aliphatic heterocycles. The highest BCUT2D eigenvalue weighted by molar-refractivity contribution is 5.77. The third kappa shape index (κ3) is 4.40. The number of hydrogen-bond donors (Lipinski definition) is 0. The average molecular weight is 388 g/mol. The van der Waals surface area contributed by atoms with Gasteiger partial charge >= 0.3 is 0 Å². The molecule has 2 unspecified atom stereocenters. The Bertz CT molecular complexity index is 977. The summed E-state index contributed by atoms with van der Waals surface area (Å²) in [5.74, 6) is 0.552. The maximum atomic E-state index is 2.44. The highest BCUT2D eigenvalue weighted by atomic mass is 15.1. The van der Waals surface area contributed by atoms with Gasteiger partial charge < -0.3 is 4.90 Å². The molecule has 2 aromatic rings. The van der Waals surface area contributed by atoms with Crippen molar-refractivity contribution in [1.82, 2.24) is 4.90 Å². The van der Waals surface area contributed by atoms with Crippen LogP contribution in [0.1, 0.15) is 65.0 Å². The molecule has 1 heteroatoms. The second-order valence-corrected chi connectivity index (χ2v) is 7.05. The molecule has 2 atom stereocenters. The first kappa shape index (κ1) is 22.7. The Morgan fingerprint density at radius 2 is 1.48 bits per heavy atom. The molecule has 4 rings (SSSR count). The van der Waals surface area contributed by atoms with Crippen molar-refractivity contribution in [2.24, 2.45) is 0 Å². The number of benzene rings is 2. The molecule has 1 nitrogen and oxygen atoms in total. The zero-order valence-electron chi connectivity index (χ0n) is 19.2. The van der Waals surface area contributed by atoms with Gasteiger partial charge in [0.05, 0.1) is 11.7 Å². The molecule has 29 heavy (non-hydrogen) atoms. The minimum absolute atomic E-state index is 0.305. The number of rotatable bonds is 3. The summed E-state index contributed by atoms with van der Waals surface area (Å²) in [6.45, 7) is 12.6. The largest absolute Gasteiger partial charge is 0.363 e. The van der Waals surface area contributed by atoms with Crippen molar-refractivity contribution in [2.75, 3.05) is 7.05 Å². The summed E-state index contributed by atoms with van der Waals surface area (Å²) in [4.78, 5) is 2.44. The molecule has 0 radical (unpaired) electrons. The van der Waals surface area contributed by atoms with Gasteiger partial charge in [-0.25, -0.2) is 0 Å². The van der Waals surface area contributed by atoms with Crippen LogP contribution >= 0.6 is 0 Å². The number of nitrogens with zero attached hydrogens (tertiary/aromatic N) is 1. The van der Waals surface area contributed by atoms with Crippen LogP contribution in [0.15, 0.2) is 72.8 Å². The fourth-order valence-corrected chi connectivity index (χ4v) is 4.09. The van der Waals surface area contributed by atoms with Gasteiger partial charge in [-0.1, -0.05) is 114 Å². The highest BCUT2D eigenvalue weighted by Gasteiger charge is 2.26. The minimum Gasteiger partial charge on any atom is -0.363 e. The van der Waals surface area contributed by atoms with Crippen molar-refractivity contribution in [2.45, 2.75) is 59.9 Å². The van der Waals surface area contributed by atoms with E-state index in [-0.39, 0.29) is 0 Å². The first-order chi connectivity index (χ1) is 14.2. The zero-order valence-corrected chi connectivity index (χ0v) is 19.2. The monoisotopic (exact) mass is 387 g/mol.